The molecule has 0 bridgehead atoms. The predicted molar refractivity (Wildman–Crippen MR) is 80.4 cm³/mol. The van der Waals surface area contributed by atoms with Crippen molar-refractivity contribution in [2.45, 2.75) is 13.0 Å². The molecule has 0 saturated carbocycles. The minimum absolute atomic E-state index is 0.130. The molecule has 3 aromatic rings. The number of hydrogen-bond donors (Lipinski definition) is 1. The van der Waals surface area contributed by atoms with Gasteiger partial charge in [-0.05, 0) is 24.3 Å². The van der Waals surface area contributed by atoms with E-state index in [4.69, 9.17) is 10.5 Å². The lowest BCUT2D eigenvalue weighted by Gasteiger charge is -2.06. The first-order valence-electron chi connectivity index (χ1n) is 6.76. The molecule has 0 aliphatic heterocycles. The van der Waals surface area contributed by atoms with Gasteiger partial charge in [0.05, 0.1) is 6.61 Å². The zero-order valence-corrected chi connectivity index (χ0v) is 11.5. The predicted octanol–water partition coefficient (Wildman–Crippen LogP) is 1.55. The van der Waals surface area contributed by atoms with E-state index >= 15 is 0 Å². The monoisotopic (exact) mass is 284 g/mol. The highest BCUT2D eigenvalue weighted by molar-refractivity contribution is 5.43. The smallest absolute Gasteiger partial charge is 0.350 e. The van der Waals surface area contributed by atoms with Gasteiger partial charge in [-0.2, -0.15) is 0 Å². The van der Waals surface area contributed by atoms with Crippen molar-refractivity contribution in [2.75, 3.05) is 12.3 Å². The molecular weight excluding hydrogens is 268 g/mol. The third-order valence-electron chi connectivity index (χ3n) is 3.13. The number of anilines is 1. The second-order valence-corrected chi connectivity index (χ2v) is 4.71. The number of nitrogen functional groups attached to an aromatic ring is 1. The van der Waals surface area contributed by atoms with Crippen LogP contribution in [-0.2, 0) is 6.54 Å². The average Bonchev–Trinajstić information content (AvgIpc) is 2.81. The molecule has 0 unspecified atom stereocenters. The second-order valence-electron chi connectivity index (χ2n) is 4.71. The number of aromatic nitrogens is 3. The van der Waals surface area contributed by atoms with Crippen LogP contribution in [0, 0.1) is 0 Å². The molecule has 108 valence electrons. The van der Waals surface area contributed by atoms with Crippen molar-refractivity contribution in [2.24, 2.45) is 0 Å². The SMILES string of the molecule is Nc1cccc(OCCCn2nc3ccccn3c2=O)c1. The highest BCUT2D eigenvalue weighted by Crippen LogP contribution is 2.14. The highest BCUT2D eigenvalue weighted by Gasteiger charge is 2.05. The van der Waals surface area contributed by atoms with E-state index in [1.807, 2.05) is 30.3 Å². The lowest BCUT2D eigenvalue weighted by atomic mass is 10.3. The van der Waals surface area contributed by atoms with Crippen LogP contribution in [0.15, 0.2) is 53.5 Å². The Morgan fingerprint density at radius 2 is 2.10 bits per heavy atom. The van der Waals surface area contributed by atoms with Crippen LogP contribution in [0.25, 0.3) is 5.65 Å². The molecule has 0 radical (unpaired) electrons. The molecule has 6 heteroatoms. The molecular formula is C15H16N4O2. The standard InChI is InChI=1S/C15H16N4O2/c16-12-5-3-6-13(11-12)21-10-4-9-19-15(20)18-8-2-1-7-14(18)17-19/h1-3,5-8,11H,4,9-10,16H2. The number of nitrogens with two attached hydrogens (primary N) is 1. The van der Waals surface area contributed by atoms with Crippen LogP contribution in [0.1, 0.15) is 6.42 Å². The van der Waals surface area contributed by atoms with Gasteiger partial charge in [-0.1, -0.05) is 12.1 Å². The maximum atomic E-state index is 12.0. The Kier molecular flexibility index (Phi) is 3.59. The molecule has 2 aromatic heterocycles. The Bertz CT molecular complexity index is 807. The largest absolute Gasteiger partial charge is 0.493 e. The topological polar surface area (TPSA) is 74.6 Å². The Balaban J connectivity index is 1.60. The maximum absolute atomic E-state index is 12.0. The molecule has 0 aliphatic rings. The number of hydrogen-bond acceptors (Lipinski definition) is 4. The fourth-order valence-electron chi connectivity index (χ4n) is 2.12. The summed E-state index contributed by atoms with van der Waals surface area (Å²) in [7, 11) is 0. The molecule has 1 aromatic carbocycles. The van der Waals surface area contributed by atoms with Gasteiger partial charge in [0.25, 0.3) is 0 Å². The molecule has 3 rings (SSSR count). The van der Waals surface area contributed by atoms with E-state index in [2.05, 4.69) is 5.10 Å². The van der Waals surface area contributed by atoms with Gasteiger partial charge in [0.15, 0.2) is 5.65 Å². The van der Waals surface area contributed by atoms with Crippen LogP contribution in [0.5, 0.6) is 5.75 Å². The summed E-state index contributed by atoms with van der Waals surface area (Å²) in [6.45, 7) is 1.02. The van der Waals surface area contributed by atoms with E-state index in [1.165, 1.54) is 9.08 Å². The first-order valence-corrected chi connectivity index (χ1v) is 6.76. The number of fused-ring (bicyclic) bond motifs is 1. The van der Waals surface area contributed by atoms with E-state index in [-0.39, 0.29) is 5.69 Å². The van der Waals surface area contributed by atoms with Crippen LogP contribution in [0.2, 0.25) is 0 Å². The van der Waals surface area contributed by atoms with Crippen LogP contribution in [0.4, 0.5) is 5.69 Å². The van der Waals surface area contributed by atoms with E-state index in [9.17, 15) is 4.79 Å². The summed E-state index contributed by atoms with van der Waals surface area (Å²) in [5.41, 5.74) is 6.87. The molecule has 0 fully saturated rings. The molecule has 21 heavy (non-hydrogen) atoms. The van der Waals surface area contributed by atoms with Crippen LogP contribution < -0.4 is 16.2 Å². The third kappa shape index (κ3) is 2.89. The number of rotatable bonds is 5. The molecule has 2 N–H and O–H groups in total. The molecule has 0 amide bonds. The van der Waals surface area contributed by atoms with Crippen LogP contribution in [0.3, 0.4) is 0 Å². The minimum atomic E-state index is -0.130. The Morgan fingerprint density at radius 3 is 2.90 bits per heavy atom. The zero-order chi connectivity index (χ0) is 14.7. The fraction of sp³-hybridized carbons (Fsp3) is 0.200. The van der Waals surface area contributed by atoms with Gasteiger partial charge in [0.2, 0.25) is 0 Å². The molecule has 0 atom stereocenters. The van der Waals surface area contributed by atoms with Gasteiger partial charge < -0.3 is 10.5 Å². The van der Waals surface area contributed by atoms with Gasteiger partial charge >= 0.3 is 5.69 Å². The highest BCUT2D eigenvalue weighted by atomic mass is 16.5. The van der Waals surface area contributed by atoms with Crippen molar-refractivity contribution in [3.8, 4) is 5.75 Å². The average molecular weight is 284 g/mol. The van der Waals surface area contributed by atoms with E-state index < -0.39 is 0 Å². The summed E-state index contributed by atoms with van der Waals surface area (Å²) < 4.78 is 8.58. The fourth-order valence-corrected chi connectivity index (χ4v) is 2.12. The molecule has 2 heterocycles. The van der Waals surface area contributed by atoms with Crippen LogP contribution >= 0.6 is 0 Å². The van der Waals surface area contributed by atoms with Crippen LogP contribution in [-0.4, -0.2) is 20.8 Å². The van der Waals surface area contributed by atoms with Gasteiger partial charge in [-0.3, -0.25) is 4.40 Å². The lowest BCUT2D eigenvalue weighted by Crippen LogP contribution is -2.22. The normalized spacial score (nSPS) is 10.9. The molecule has 6 nitrogen and oxygen atoms in total. The quantitative estimate of drug-likeness (QED) is 0.570. The van der Waals surface area contributed by atoms with Crippen molar-refractivity contribution in [3.05, 3.63) is 59.1 Å². The minimum Gasteiger partial charge on any atom is -0.493 e. The third-order valence-corrected chi connectivity index (χ3v) is 3.13. The first-order chi connectivity index (χ1) is 10.2. The zero-order valence-electron chi connectivity index (χ0n) is 11.5. The summed E-state index contributed by atoms with van der Waals surface area (Å²) in [6, 6.07) is 12.8. The van der Waals surface area contributed by atoms with Crippen molar-refractivity contribution in [1.29, 1.82) is 0 Å². The van der Waals surface area contributed by atoms with E-state index in [0.29, 0.717) is 30.9 Å². The van der Waals surface area contributed by atoms with Crippen molar-refractivity contribution in [3.63, 3.8) is 0 Å². The maximum Gasteiger partial charge on any atom is 0.350 e. The number of ether oxygens (including phenoxy) is 1. The van der Waals surface area contributed by atoms with Crippen molar-refractivity contribution < 1.29 is 4.74 Å². The Hall–Kier alpha value is -2.76. The molecule has 0 spiro atoms. The molecule has 0 saturated heterocycles. The number of pyridine rings is 1. The summed E-state index contributed by atoms with van der Waals surface area (Å²) >= 11 is 0. The molecule has 0 aliphatic carbocycles. The lowest BCUT2D eigenvalue weighted by molar-refractivity contribution is 0.298. The Morgan fingerprint density at radius 1 is 1.19 bits per heavy atom. The van der Waals surface area contributed by atoms with Gasteiger partial charge in [-0.25, -0.2) is 9.48 Å². The van der Waals surface area contributed by atoms with E-state index in [0.717, 1.165) is 5.75 Å². The summed E-state index contributed by atoms with van der Waals surface area (Å²) in [4.78, 5) is 12.0. The number of aryl methyl sites for hydroxylation is 1. The van der Waals surface area contributed by atoms with Crippen molar-refractivity contribution in [1.82, 2.24) is 14.2 Å². The summed E-state index contributed by atoms with van der Waals surface area (Å²) in [5, 5.41) is 4.26. The van der Waals surface area contributed by atoms with Gasteiger partial charge in [-0.15, -0.1) is 5.10 Å². The number of nitrogens with zero attached hydrogens (tertiary/aromatic N) is 3. The Labute approximate surface area is 121 Å². The van der Waals surface area contributed by atoms with E-state index in [1.54, 1.807) is 18.3 Å². The van der Waals surface area contributed by atoms with Gasteiger partial charge in [0, 0.05) is 30.9 Å². The summed E-state index contributed by atoms with van der Waals surface area (Å²) in [5.74, 6) is 0.734. The number of benzene rings is 1. The summed E-state index contributed by atoms with van der Waals surface area (Å²) in [6.07, 6.45) is 2.41. The van der Waals surface area contributed by atoms with Gasteiger partial charge in [0.1, 0.15) is 5.75 Å². The second kappa shape index (κ2) is 5.70. The van der Waals surface area contributed by atoms with Crippen molar-refractivity contribution >= 4 is 11.3 Å². The first kappa shape index (κ1) is 13.2.